The smallest absolute Gasteiger partial charge is 0.270 e. The zero-order chi connectivity index (χ0) is 17.3. The van der Waals surface area contributed by atoms with Gasteiger partial charge in [0.2, 0.25) is 5.28 Å². The van der Waals surface area contributed by atoms with Gasteiger partial charge in [-0.2, -0.15) is 4.98 Å². The quantitative estimate of drug-likeness (QED) is 0.371. The third-order valence-electron chi connectivity index (χ3n) is 3.82. The lowest BCUT2D eigenvalue weighted by molar-refractivity contribution is -0.384. The highest BCUT2D eigenvalue weighted by Crippen LogP contribution is 2.39. The molecule has 0 aliphatic rings. The number of anilines is 1. The summed E-state index contributed by atoms with van der Waals surface area (Å²) in [6, 6.07) is 6.60. The Morgan fingerprint density at radius 3 is 2.71 bits per heavy atom. The van der Waals surface area contributed by atoms with Crippen molar-refractivity contribution in [2.24, 2.45) is 0 Å². The van der Waals surface area contributed by atoms with Crippen molar-refractivity contribution in [2.45, 2.75) is 13.8 Å². The van der Waals surface area contributed by atoms with E-state index < -0.39 is 4.92 Å². The van der Waals surface area contributed by atoms with Crippen LogP contribution in [0.1, 0.15) is 13.8 Å². The van der Waals surface area contributed by atoms with Gasteiger partial charge in [0.15, 0.2) is 0 Å². The third-order valence-corrected chi connectivity index (χ3v) is 4.86. The molecule has 6 nitrogen and oxygen atoms in total. The molecule has 0 amide bonds. The summed E-state index contributed by atoms with van der Waals surface area (Å²) in [5.41, 5.74) is 1.72. The number of thiophene rings is 1. The molecule has 0 aliphatic heterocycles. The van der Waals surface area contributed by atoms with Gasteiger partial charge in [-0.1, -0.05) is 12.1 Å². The number of rotatable bonds is 5. The van der Waals surface area contributed by atoms with E-state index in [-0.39, 0.29) is 11.0 Å². The number of halogens is 1. The van der Waals surface area contributed by atoms with E-state index >= 15 is 0 Å². The van der Waals surface area contributed by atoms with Crippen LogP contribution in [0.2, 0.25) is 5.28 Å². The zero-order valence-corrected chi connectivity index (χ0v) is 14.8. The first kappa shape index (κ1) is 16.6. The second kappa shape index (κ2) is 6.70. The zero-order valence-electron chi connectivity index (χ0n) is 13.2. The Morgan fingerprint density at radius 2 is 2.04 bits per heavy atom. The van der Waals surface area contributed by atoms with E-state index in [0.29, 0.717) is 0 Å². The second-order valence-electron chi connectivity index (χ2n) is 5.13. The summed E-state index contributed by atoms with van der Waals surface area (Å²) in [5.74, 6) is 0.762. The fourth-order valence-corrected chi connectivity index (χ4v) is 3.81. The summed E-state index contributed by atoms with van der Waals surface area (Å²) in [6.45, 7) is 5.65. The SMILES string of the molecule is CCN(CC)c1nc(Cl)nc2scc(-c3cccc([N+](=O)[O-])c3)c12. The van der Waals surface area contributed by atoms with Gasteiger partial charge in [-0.25, -0.2) is 4.98 Å². The first-order valence-corrected chi connectivity index (χ1v) is 8.75. The topological polar surface area (TPSA) is 72.2 Å². The molecule has 0 bridgehead atoms. The standard InChI is InChI=1S/C16H15ClN4O2S/c1-3-20(4-2)14-13-12(9-24-15(13)19-16(17)18-14)10-6-5-7-11(8-10)21(22)23/h5-9H,3-4H2,1-2H3. The van der Waals surface area contributed by atoms with Crippen LogP contribution < -0.4 is 4.90 Å². The minimum Gasteiger partial charge on any atom is -0.356 e. The number of non-ortho nitro benzene ring substituents is 1. The van der Waals surface area contributed by atoms with E-state index in [1.165, 1.54) is 17.4 Å². The monoisotopic (exact) mass is 362 g/mol. The van der Waals surface area contributed by atoms with E-state index in [4.69, 9.17) is 11.6 Å². The fourth-order valence-electron chi connectivity index (χ4n) is 2.65. The van der Waals surface area contributed by atoms with E-state index in [9.17, 15) is 10.1 Å². The molecule has 124 valence electrons. The van der Waals surface area contributed by atoms with Crippen LogP contribution in [0.4, 0.5) is 11.5 Å². The van der Waals surface area contributed by atoms with Gasteiger partial charge in [0, 0.05) is 36.2 Å². The van der Waals surface area contributed by atoms with Gasteiger partial charge in [-0.05, 0) is 31.0 Å². The van der Waals surface area contributed by atoms with Crippen molar-refractivity contribution in [1.82, 2.24) is 9.97 Å². The average molecular weight is 363 g/mol. The van der Waals surface area contributed by atoms with Crippen molar-refractivity contribution in [3.63, 3.8) is 0 Å². The Labute approximate surface area is 147 Å². The maximum Gasteiger partial charge on any atom is 0.270 e. The summed E-state index contributed by atoms with van der Waals surface area (Å²) in [5, 5.41) is 14.1. The Morgan fingerprint density at radius 1 is 1.29 bits per heavy atom. The molecule has 0 spiro atoms. The highest BCUT2D eigenvalue weighted by atomic mass is 35.5. The lowest BCUT2D eigenvalue weighted by Crippen LogP contribution is -2.23. The van der Waals surface area contributed by atoms with Crippen molar-refractivity contribution in [3.8, 4) is 11.1 Å². The lowest BCUT2D eigenvalue weighted by Gasteiger charge is -2.21. The number of fused-ring (bicyclic) bond motifs is 1. The van der Waals surface area contributed by atoms with Crippen molar-refractivity contribution < 1.29 is 4.92 Å². The predicted octanol–water partition coefficient (Wildman–Crippen LogP) is 4.77. The molecule has 3 rings (SSSR count). The van der Waals surface area contributed by atoms with Crippen LogP contribution in [0.25, 0.3) is 21.3 Å². The predicted molar refractivity (Wildman–Crippen MR) is 98.1 cm³/mol. The average Bonchev–Trinajstić information content (AvgIpc) is 2.99. The number of aromatic nitrogens is 2. The molecular formula is C16H15ClN4O2S. The van der Waals surface area contributed by atoms with Gasteiger partial charge in [0.25, 0.3) is 5.69 Å². The molecule has 0 unspecified atom stereocenters. The molecule has 8 heteroatoms. The number of nitro groups is 1. The molecule has 2 aromatic heterocycles. The molecular weight excluding hydrogens is 348 g/mol. The van der Waals surface area contributed by atoms with Gasteiger partial charge in [0.05, 0.1) is 10.3 Å². The molecule has 0 radical (unpaired) electrons. The summed E-state index contributed by atoms with van der Waals surface area (Å²) >= 11 is 7.53. The first-order valence-electron chi connectivity index (χ1n) is 7.49. The van der Waals surface area contributed by atoms with Crippen molar-refractivity contribution in [1.29, 1.82) is 0 Å². The second-order valence-corrected chi connectivity index (χ2v) is 6.32. The summed E-state index contributed by atoms with van der Waals surface area (Å²) in [7, 11) is 0. The van der Waals surface area contributed by atoms with Crippen molar-refractivity contribution in [2.75, 3.05) is 18.0 Å². The summed E-state index contributed by atoms with van der Waals surface area (Å²) < 4.78 is 0. The fraction of sp³-hybridized carbons (Fsp3) is 0.250. The van der Waals surface area contributed by atoms with Crippen molar-refractivity contribution >= 4 is 44.7 Å². The molecule has 2 heterocycles. The minimum absolute atomic E-state index is 0.0612. The number of nitrogens with zero attached hydrogens (tertiary/aromatic N) is 4. The highest BCUT2D eigenvalue weighted by molar-refractivity contribution is 7.17. The molecule has 0 saturated heterocycles. The molecule has 0 atom stereocenters. The van der Waals surface area contributed by atoms with Gasteiger partial charge >= 0.3 is 0 Å². The molecule has 0 saturated carbocycles. The summed E-state index contributed by atoms with van der Waals surface area (Å²) in [6.07, 6.45) is 0. The van der Waals surface area contributed by atoms with Crippen LogP contribution in [0.3, 0.4) is 0 Å². The maximum atomic E-state index is 11.1. The van der Waals surface area contributed by atoms with Gasteiger partial charge in [-0.15, -0.1) is 11.3 Å². The molecule has 3 aromatic rings. The van der Waals surface area contributed by atoms with Crippen LogP contribution in [0.15, 0.2) is 29.6 Å². The molecule has 1 aromatic carbocycles. The maximum absolute atomic E-state index is 11.1. The molecule has 0 aliphatic carbocycles. The first-order chi connectivity index (χ1) is 11.5. The number of hydrogen-bond donors (Lipinski definition) is 0. The Hall–Kier alpha value is -2.25. The number of hydrogen-bond acceptors (Lipinski definition) is 6. The van der Waals surface area contributed by atoms with Crippen LogP contribution in [0.5, 0.6) is 0 Å². The number of benzene rings is 1. The molecule has 0 N–H and O–H groups in total. The van der Waals surface area contributed by atoms with Crippen LogP contribution in [-0.4, -0.2) is 28.0 Å². The third kappa shape index (κ3) is 2.92. The largest absolute Gasteiger partial charge is 0.356 e. The molecule has 0 fully saturated rings. The van der Waals surface area contributed by atoms with Crippen LogP contribution in [0, 0.1) is 10.1 Å². The van der Waals surface area contributed by atoms with Crippen LogP contribution in [-0.2, 0) is 0 Å². The minimum atomic E-state index is -0.392. The van der Waals surface area contributed by atoms with Gasteiger partial charge in [0.1, 0.15) is 10.6 Å². The van der Waals surface area contributed by atoms with Crippen LogP contribution >= 0.6 is 22.9 Å². The number of nitro benzene ring substituents is 1. The Balaban J connectivity index is 2.26. The normalized spacial score (nSPS) is 11.0. The van der Waals surface area contributed by atoms with Gasteiger partial charge in [-0.3, -0.25) is 10.1 Å². The van der Waals surface area contributed by atoms with Crippen molar-refractivity contribution in [3.05, 3.63) is 45.0 Å². The lowest BCUT2D eigenvalue weighted by atomic mass is 10.1. The summed E-state index contributed by atoms with van der Waals surface area (Å²) in [4.78, 5) is 22.3. The van der Waals surface area contributed by atoms with Gasteiger partial charge < -0.3 is 4.90 Å². The Bertz CT molecular complexity index is 908. The molecule has 24 heavy (non-hydrogen) atoms. The Kier molecular flexibility index (Phi) is 4.64. The highest BCUT2D eigenvalue weighted by Gasteiger charge is 2.19. The van der Waals surface area contributed by atoms with E-state index in [1.54, 1.807) is 12.1 Å². The van der Waals surface area contributed by atoms with E-state index in [1.807, 2.05) is 25.3 Å². The van der Waals surface area contributed by atoms with E-state index in [2.05, 4.69) is 14.9 Å². The van der Waals surface area contributed by atoms with E-state index in [0.717, 1.165) is 40.3 Å².